The van der Waals surface area contributed by atoms with Crippen molar-refractivity contribution in [2.24, 2.45) is 17.8 Å². The zero-order valence-corrected chi connectivity index (χ0v) is 10.9. The van der Waals surface area contributed by atoms with Gasteiger partial charge in [0.2, 0.25) is 0 Å². The summed E-state index contributed by atoms with van der Waals surface area (Å²) in [5.74, 6) is 1.38. The molecule has 0 radical (unpaired) electrons. The van der Waals surface area contributed by atoms with Crippen molar-refractivity contribution in [3.8, 4) is 0 Å². The van der Waals surface area contributed by atoms with Crippen LogP contribution in [0.25, 0.3) is 0 Å². The molecular weight excluding hydrogens is 212 g/mol. The Balaban J connectivity index is 1.66. The Morgan fingerprint density at radius 1 is 0.824 bits per heavy atom. The van der Waals surface area contributed by atoms with E-state index in [1.165, 1.54) is 64.2 Å². The largest absolute Gasteiger partial charge is 0.363 e. The smallest absolute Gasteiger partial charge is 0.192 e. The van der Waals surface area contributed by atoms with Crippen molar-refractivity contribution >= 4 is 0 Å². The van der Waals surface area contributed by atoms with Crippen molar-refractivity contribution in [1.29, 1.82) is 0 Å². The highest BCUT2D eigenvalue weighted by molar-refractivity contribution is 4.97. The third kappa shape index (κ3) is 2.53. The maximum Gasteiger partial charge on any atom is 0.192 e. The Bertz CT molecular complexity index is 260. The van der Waals surface area contributed by atoms with E-state index >= 15 is 0 Å². The Morgan fingerprint density at radius 3 is 2.18 bits per heavy atom. The quantitative estimate of drug-likeness (QED) is 0.709. The van der Waals surface area contributed by atoms with Crippen LogP contribution in [0, 0.1) is 17.8 Å². The Kier molecular flexibility index (Phi) is 3.45. The number of rotatable bonds is 1. The third-order valence-electron chi connectivity index (χ3n) is 5.35. The van der Waals surface area contributed by atoms with E-state index in [1.807, 2.05) is 0 Å². The van der Waals surface area contributed by atoms with Gasteiger partial charge in [-0.25, -0.2) is 0 Å². The summed E-state index contributed by atoms with van der Waals surface area (Å²) < 4.78 is 5.31. The molecule has 17 heavy (non-hydrogen) atoms. The molecule has 0 amide bonds. The Labute approximate surface area is 105 Å². The van der Waals surface area contributed by atoms with Crippen LogP contribution >= 0.6 is 0 Å². The van der Waals surface area contributed by atoms with Gasteiger partial charge in [0.05, 0.1) is 0 Å². The number of aliphatic hydroxyl groups is 1. The van der Waals surface area contributed by atoms with Crippen LogP contribution in [0.2, 0.25) is 0 Å². The lowest BCUT2D eigenvalue weighted by Gasteiger charge is -2.27. The van der Waals surface area contributed by atoms with E-state index < -0.39 is 5.79 Å². The lowest BCUT2D eigenvalue weighted by molar-refractivity contribution is -0.0375. The fourth-order valence-electron chi connectivity index (χ4n) is 4.29. The first-order valence-electron chi connectivity index (χ1n) is 7.66. The molecule has 2 nitrogen and oxygen atoms in total. The topological polar surface area (TPSA) is 32.8 Å². The maximum absolute atomic E-state index is 10.2. The van der Waals surface area contributed by atoms with Crippen LogP contribution in [0.3, 0.4) is 0 Å². The van der Waals surface area contributed by atoms with Crippen molar-refractivity contribution in [2.45, 2.75) is 70.0 Å². The molecule has 4 unspecified atom stereocenters. The van der Waals surface area contributed by atoms with E-state index in [1.54, 1.807) is 0 Å². The molecule has 4 atom stereocenters. The van der Waals surface area contributed by atoms with Crippen molar-refractivity contribution in [2.75, 3.05) is 6.61 Å². The number of ether oxygens (including phenoxy) is 1. The summed E-state index contributed by atoms with van der Waals surface area (Å²) in [6.07, 6.45) is 13.7. The van der Waals surface area contributed by atoms with Gasteiger partial charge in [-0.15, -0.1) is 0 Å². The van der Waals surface area contributed by atoms with Gasteiger partial charge in [0.25, 0.3) is 0 Å². The molecular formula is C15H26O2. The van der Waals surface area contributed by atoms with Gasteiger partial charge in [0.15, 0.2) is 5.79 Å². The third-order valence-corrected chi connectivity index (χ3v) is 5.35. The highest BCUT2D eigenvalue weighted by atomic mass is 16.7. The van der Waals surface area contributed by atoms with Crippen LogP contribution in [0.15, 0.2) is 0 Å². The van der Waals surface area contributed by atoms with Gasteiger partial charge < -0.3 is 9.84 Å². The molecule has 3 aliphatic rings. The molecule has 2 saturated carbocycles. The summed E-state index contributed by atoms with van der Waals surface area (Å²) >= 11 is 0. The van der Waals surface area contributed by atoms with Gasteiger partial charge in [0, 0.05) is 5.92 Å². The van der Waals surface area contributed by atoms with Crippen molar-refractivity contribution in [3.63, 3.8) is 0 Å². The van der Waals surface area contributed by atoms with Crippen molar-refractivity contribution in [1.82, 2.24) is 0 Å². The number of hydrogen-bond acceptors (Lipinski definition) is 2. The van der Waals surface area contributed by atoms with Crippen LogP contribution in [-0.2, 0) is 4.74 Å². The molecule has 2 heteroatoms. The first kappa shape index (κ1) is 12.0. The minimum Gasteiger partial charge on any atom is -0.363 e. The fraction of sp³-hybridized carbons (Fsp3) is 1.00. The minimum absolute atomic E-state index is 0.451. The Morgan fingerprint density at radius 2 is 1.47 bits per heavy atom. The van der Waals surface area contributed by atoms with E-state index in [0.717, 1.165) is 11.8 Å². The van der Waals surface area contributed by atoms with Gasteiger partial charge in [-0.3, -0.25) is 0 Å². The molecule has 1 aliphatic heterocycles. The molecule has 0 spiro atoms. The zero-order valence-electron chi connectivity index (χ0n) is 10.9. The summed E-state index contributed by atoms with van der Waals surface area (Å²) in [4.78, 5) is 0. The summed E-state index contributed by atoms with van der Waals surface area (Å²) in [5, 5.41) is 10.2. The molecule has 3 fully saturated rings. The van der Waals surface area contributed by atoms with Crippen molar-refractivity contribution in [3.05, 3.63) is 0 Å². The van der Waals surface area contributed by atoms with Crippen LogP contribution in [0.1, 0.15) is 64.2 Å². The van der Waals surface area contributed by atoms with Crippen LogP contribution in [0.5, 0.6) is 0 Å². The fourth-order valence-corrected chi connectivity index (χ4v) is 4.29. The molecule has 0 aromatic carbocycles. The van der Waals surface area contributed by atoms with Crippen LogP contribution < -0.4 is 0 Å². The lowest BCUT2D eigenvalue weighted by Crippen LogP contribution is -2.29. The SMILES string of the molecule is OC1(C2CCC3CCCCCCCCC32)CO1. The average molecular weight is 238 g/mol. The normalized spacial score (nSPS) is 47.5. The first-order valence-corrected chi connectivity index (χ1v) is 7.66. The van der Waals surface area contributed by atoms with E-state index in [2.05, 4.69) is 0 Å². The summed E-state index contributed by atoms with van der Waals surface area (Å²) in [6.45, 7) is 0.598. The summed E-state index contributed by atoms with van der Waals surface area (Å²) in [7, 11) is 0. The molecule has 2 aliphatic carbocycles. The average Bonchev–Trinajstić information content (AvgIpc) is 2.94. The second-order valence-electron chi connectivity index (χ2n) is 6.44. The number of hydrogen-bond donors (Lipinski definition) is 1. The summed E-state index contributed by atoms with van der Waals surface area (Å²) in [5.41, 5.74) is 0. The molecule has 3 rings (SSSR count). The van der Waals surface area contributed by atoms with Crippen LogP contribution in [0.4, 0.5) is 0 Å². The Hall–Kier alpha value is -0.0800. The van der Waals surface area contributed by atoms with Gasteiger partial charge >= 0.3 is 0 Å². The summed E-state index contributed by atoms with van der Waals surface area (Å²) in [6, 6.07) is 0. The van der Waals surface area contributed by atoms with Crippen molar-refractivity contribution < 1.29 is 9.84 Å². The second kappa shape index (κ2) is 4.89. The van der Waals surface area contributed by atoms with E-state index in [0.29, 0.717) is 12.5 Å². The molecule has 0 bridgehead atoms. The van der Waals surface area contributed by atoms with Gasteiger partial charge in [-0.05, 0) is 31.1 Å². The molecule has 0 aromatic heterocycles. The zero-order chi connectivity index (χ0) is 11.7. The highest BCUT2D eigenvalue weighted by Crippen LogP contribution is 2.51. The monoisotopic (exact) mass is 238 g/mol. The van der Waals surface area contributed by atoms with E-state index in [-0.39, 0.29) is 0 Å². The molecule has 1 heterocycles. The number of fused-ring (bicyclic) bond motifs is 1. The standard InChI is InChI=1S/C15H26O2/c16-15(11-17-15)14-10-9-12-7-5-3-1-2-4-6-8-13(12)14/h12-14,16H,1-11H2. The van der Waals surface area contributed by atoms with Gasteiger partial charge in [-0.1, -0.05) is 44.9 Å². The molecule has 1 saturated heterocycles. The predicted molar refractivity (Wildman–Crippen MR) is 67.5 cm³/mol. The van der Waals surface area contributed by atoms with E-state index in [9.17, 15) is 5.11 Å². The minimum atomic E-state index is -0.705. The lowest BCUT2D eigenvalue weighted by atomic mass is 9.79. The second-order valence-corrected chi connectivity index (χ2v) is 6.44. The van der Waals surface area contributed by atoms with E-state index in [4.69, 9.17) is 4.74 Å². The number of epoxide rings is 1. The molecule has 0 aromatic rings. The molecule has 98 valence electrons. The first-order chi connectivity index (χ1) is 8.30. The van der Waals surface area contributed by atoms with Gasteiger partial charge in [0.1, 0.15) is 6.61 Å². The maximum atomic E-state index is 10.2. The van der Waals surface area contributed by atoms with Crippen LogP contribution in [-0.4, -0.2) is 17.5 Å². The predicted octanol–water partition coefficient (Wildman–Crippen LogP) is 3.48. The molecule has 1 N–H and O–H groups in total. The highest BCUT2D eigenvalue weighted by Gasteiger charge is 2.55. The van der Waals surface area contributed by atoms with Gasteiger partial charge in [-0.2, -0.15) is 0 Å².